The lowest BCUT2D eigenvalue weighted by atomic mass is 10.1. The SMILES string of the molecule is O=C(CCc1cc(Cl)no1)NCC[C@H]1CCOC1. The maximum absolute atomic E-state index is 11.6. The Labute approximate surface area is 111 Å². The lowest BCUT2D eigenvalue weighted by Crippen LogP contribution is -2.26. The van der Waals surface area contributed by atoms with Crippen molar-refractivity contribution >= 4 is 17.5 Å². The number of rotatable bonds is 6. The number of carbonyl (C=O) groups excluding carboxylic acids is 1. The van der Waals surface area contributed by atoms with E-state index in [-0.39, 0.29) is 5.91 Å². The van der Waals surface area contributed by atoms with Crippen LogP contribution in [0.5, 0.6) is 0 Å². The van der Waals surface area contributed by atoms with Gasteiger partial charge in [0, 0.05) is 38.7 Å². The molecule has 2 rings (SSSR count). The second-order valence-electron chi connectivity index (χ2n) is 4.48. The van der Waals surface area contributed by atoms with Crippen LogP contribution in [0, 0.1) is 5.92 Å². The van der Waals surface area contributed by atoms with Gasteiger partial charge >= 0.3 is 0 Å². The highest BCUT2D eigenvalue weighted by Gasteiger charge is 2.15. The molecule has 0 bridgehead atoms. The number of carbonyl (C=O) groups is 1. The van der Waals surface area contributed by atoms with Crippen molar-refractivity contribution < 1.29 is 14.1 Å². The molecule has 1 aromatic heterocycles. The summed E-state index contributed by atoms with van der Waals surface area (Å²) in [4.78, 5) is 11.6. The van der Waals surface area contributed by atoms with E-state index in [9.17, 15) is 4.79 Å². The fraction of sp³-hybridized carbons (Fsp3) is 0.667. The molecule has 2 heterocycles. The third kappa shape index (κ3) is 4.31. The monoisotopic (exact) mass is 272 g/mol. The molecule has 1 aliphatic heterocycles. The van der Waals surface area contributed by atoms with Crippen molar-refractivity contribution in [3.63, 3.8) is 0 Å². The van der Waals surface area contributed by atoms with Gasteiger partial charge in [-0.05, 0) is 18.8 Å². The minimum atomic E-state index is 0.0291. The zero-order valence-corrected chi connectivity index (χ0v) is 10.9. The van der Waals surface area contributed by atoms with Crippen molar-refractivity contribution in [1.82, 2.24) is 10.5 Å². The van der Waals surface area contributed by atoms with Crippen LogP contribution in [0.4, 0.5) is 0 Å². The molecule has 1 atom stereocenters. The second kappa shape index (κ2) is 6.75. The zero-order valence-electron chi connectivity index (χ0n) is 10.2. The fourth-order valence-corrected chi connectivity index (χ4v) is 2.11. The van der Waals surface area contributed by atoms with Gasteiger partial charge < -0.3 is 14.6 Å². The third-order valence-corrected chi connectivity index (χ3v) is 3.21. The Morgan fingerprint density at radius 3 is 3.17 bits per heavy atom. The van der Waals surface area contributed by atoms with Gasteiger partial charge in [0.15, 0.2) is 5.15 Å². The normalized spacial score (nSPS) is 19.1. The first-order valence-electron chi connectivity index (χ1n) is 6.19. The third-order valence-electron chi connectivity index (χ3n) is 3.03. The Hall–Kier alpha value is -1.07. The van der Waals surface area contributed by atoms with Gasteiger partial charge in [-0.15, -0.1) is 0 Å². The number of nitrogens with zero attached hydrogens (tertiary/aromatic N) is 1. The number of amides is 1. The predicted molar refractivity (Wildman–Crippen MR) is 66.4 cm³/mol. The number of hydrogen-bond donors (Lipinski definition) is 1. The highest BCUT2D eigenvalue weighted by Crippen LogP contribution is 2.15. The van der Waals surface area contributed by atoms with E-state index < -0.39 is 0 Å². The number of aryl methyl sites for hydroxylation is 1. The van der Waals surface area contributed by atoms with E-state index in [0.717, 1.165) is 26.1 Å². The van der Waals surface area contributed by atoms with Crippen LogP contribution in [0.3, 0.4) is 0 Å². The number of halogens is 1. The molecule has 0 aliphatic carbocycles. The number of aromatic nitrogens is 1. The average molecular weight is 273 g/mol. The van der Waals surface area contributed by atoms with Crippen molar-refractivity contribution in [2.45, 2.75) is 25.7 Å². The Bertz CT molecular complexity index is 388. The molecule has 0 radical (unpaired) electrons. The van der Waals surface area contributed by atoms with E-state index in [1.165, 1.54) is 0 Å². The van der Waals surface area contributed by atoms with Gasteiger partial charge in [-0.3, -0.25) is 4.79 Å². The van der Waals surface area contributed by atoms with E-state index >= 15 is 0 Å². The van der Waals surface area contributed by atoms with Crippen LogP contribution in [0.15, 0.2) is 10.6 Å². The largest absolute Gasteiger partial charge is 0.381 e. The van der Waals surface area contributed by atoms with Crippen molar-refractivity contribution in [2.24, 2.45) is 5.92 Å². The molecule has 18 heavy (non-hydrogen) atoms. The van der Waals surface area contributed by atoms with Gasteiger partial charge in [0.05, 0.1) is 0 Å². The summed E-state index contributed by atoms with van der Waals surface area (Å²) < 4.78 is 10.2. The molecule has 6 heteroatoms. The quantitative estimate of drug-likeness (QED) is 0.858. The van der Waals surface area contributed by atoms with Gasteiger partial charge in [-0.1, -0.05) is 16.8 Å². The lowest BCUT2D eigenvalue weighted by molar-refractivity contribution is -0.121. The van der Waals surface area contributed by atoms with Crippen LogP contribution >= 0.6 is 11.6 Å². The molecule has 1 aromatic rings. The molecule has 1 saturated heterocycles. The summed E-state index contributed by atoms with van der Waals surface area (Å²) in [5.41, 5.74) is 0. The van der Waals surface area contributed by atoms with Crippen molar-refractivity contribution in [2.75, 3.05) is 19.8 Å². The summed E-state index contributed by atoms with van der Waals surface area (Å²) in [6.45, 7) is 2.39. The molecule has 1 aliphatic rings. The maximum atomic E-state index is 11.6. The first-order chi connectivity index (χ1) is 8.74. The summed E-state index contributed by atoms with van der Waals surface area (Å²) in [7, 11) is 0. The molecule has 0 spiro atoms. The first-order valence-corrected chi connectivity index (χ1v) is 6.57. The summed E-state index contributed by atoms with van der Waals surface area (Å²) in [6, 6.07) is 1.63. The molecule has 100 valence electrons. The van der Waals surface area contributed by atoms with Crippen LogP contribution in [0.25, 0.3) is 0 Å². The van der Waals surface area contributed by atoms with Gasteiger partial charge in [0.2, 0.25) is 5.91 Å². The number of nitrogens with one attached hydrogen (secondary N) is 1. The van der Waals surface area contributed by atoms with E-state index in [0.29, 0.717) is 36.2 Å². The number of ether oxygens (including phenoxy) is 1. The topological polar surface area (TPSA) is 64.4 Å². The maximum Gasteiger partial charge on any atom is 0.220 e. The second-order valence-corrected chi connectivity index (χ2v) is 4.87. The van der Waals surface area contributed by atoms with Crippen LogP contribution in [-0.4, -0.2) is 30.8 Å². The van der Waals surface area contributed by atoms with E-state index in [4.69, 9.17) is 20.9 Å². The highest BCUT2D eigenvalue weighted by atomic mass is 35.5. The molecule has 0 saturated carbocycles. The number of hydrogen-bond acceptors (Lipinski definition) is 4. The summed E-state index contributed by atoms with van der Waals surface area (Å²) in [6.07, 6.45) is 3.01. The van der Waals surface area contributed by atoms with Crippen LogP contribution in [-0.2, 0) is 16.0 Å². The van der Waals surface area contributed by atoms with Crippen molar-refractivity contribution in [1.29, 1.82) is 0 Å². The summed E-state index contributed by atoms with van der Waals surface area (Å²) in [5, 5.41) is 6.78. The molecule has 1 N–H and O–H groups in total. The van der Waals surface area contributed by atoms with Crippen LogP contribution < -0.4 is 5.32 Å². The van der Waals surface area contributed by atoms with Gasteiger partial charge in [0.1, 0.15) is 5.76 Å². The highest BCUT2D eigenvalue weighted by molar-refractivity contribution is 6.29. The molecular weight excluding hydrogens is 256 g/mol. The fourth-order valence-electron chi connectivity index (χ4n) is 1.96. The molecule has 0 aromatic carbocycles. The van der Waals surface area contributed by atoms with E-state index in [2.05, 4.69) is 10.5 Å². The van der Waals surface area contributed by atoms with Crippen molar-refractivity contribution in [3.05, 3.63) is 17.0 Å². The Morgan fingerprint density at radius 1 is 1.61 bits per heavy atom. The molecule has 5 nitrogen and oxygen atoms in total. The lowest BCUT2D eigenvalue weighted by Gasteiger charge is -2.08. The van der Waals surface area contributed by atoms with E-state index in [1.807, 2.05) is 0 Å². The predicted octanol–water partition coefficient (Wildman–Crippen LogP) is 1.80. The van der Waals surface area contributed by atoms with Crippen molar-refractivity contribution in [3.8, 4) is 0 Å². The molecular formula is C12H17ClN2O3. The summed E-state index contributed by atoms with van der Waals surface area (Å²) in [5.74, 6) is 1.26. The minimum absolute atomic E-state index is 0.0291. The Morgan fingerprint density at radius 2 is 2.50 bits per heavy atom. The molecule has 1 amide bonds. The van der Waals surface area contributed by atoms with Gasteiger partial charge in [0.25, 0.3) is 0 Å². The van der Waals surface area contributed by atoms with Crippen LogP contribution in [0.2, 0.25) is 5.15 Å². The van der Waals surface area contributed by atoms with Crippen LogP contribution in [0.1, 0.15) is 25.0 Å². The minimum Gasteiger partial charge on any atom is -0.381 e. The molecule has 0 unspecified atom stereocenters. The van der Waals surface area contributed by atoms with Gasteiger partial charge in [-0.2, -0.15) is 0 Å². The first kappa shape index (κ1) is 13.4. The molecule has 1 fully saturated rings. The van der Waals surface area contributed by atoms with E-state index in [1.54, 1.807) is 6.07 Å². The summed E-state index contributed by atoms with van der Waals surface area (Å²) >= 11 is 5.61. The smallest absolute Gasteiger partial charge is 0.220 e. The Balaban J connectivity index is 1.57. The Kier molecular flexibility index (Phi) is 5.01. The zero-order chi connectivity index (χ0) is 12.8. The average Bonchev–Trinajstić information content (AvgIpc) is 2.98. The standard InChI is InChI=1S/C12H17ClN2O3/c13-11-7-10(18-15-11)1-2-12(16)14-5-3-9-4-6-17-8-9/h7,9H,1-6,8H2,(H,14,16)/t9-/m0/s1. The van der Waals surface area contributed by atoms with Gasteiger partial charge in [-0.25, -0.2) is 0 Å².